The highest BCUT2D eigenvalue weighted by Gasteiger charge is 2.19. The Morgan fingerprint density at radius 3 is 2.62 bits per heavy atom. The quantitative estimate of drug-likeness (QED) is 0.776. The molecule has 3 aromatic heterocycles. The second-order valence-corrected chi connectivity index (χ2v) is 6.14. The van der Waals surface area contributed by atoms with Crippen LogP contribution in [0.15, 0.2) is 24.8 Å². The summed E-state index contributed by atoms with van der Waals surface area (Å²) in [6.45, 7) is 6.65. The Balaban J connectivity index is 1.70. The van der Waals surface area contributed by atoms with Gasteiger partial charge in [-0.25, -0.2) is 9.97 Å². The van der Waals surface area contributed by atoms with Gasteiger partial charge in [0.25, 0.3) is 0 Å². The number of aromatic hydroxyl groups is 1. The molecule has 126 valence electrons. The van der Waals surface area contributed by atoms with Gasteiger partial charge in [0.05, 0.1) is 22.8 Å². The van der Waals surface area contributed by atoms with Crippen LogP contribution in [0.1, 0.15) is 6.92 Å². The fraction of sp³-hybridized carbons (Fsp3) is 0.438. The number of nitrogens with zero attached hydrogens (tertiary/aromatic N) is 7. The molecule has 0 radical (unpaired) electrons. The maximum absolute atomic E-state index is 10.5. The minimum atomic E-state index is 0.144. The van der Waals surface area contributed by atoms with Crippen LogP contribution >= 0.6 is 0 Å². The lowest BCUT2D eigenvalue weighted by Gasteiger charge is -2.32. The number of anilines is 1. The van der Waals surface area contributed by atoms with Crippen LogP contribution in [0.25, 0.3) is 16.6 Å². The maximum atomic E-state index is 10.5. The smallest absolute Gasteiger partial charge is 0.226 e. The van der Waals surface area contributed by atoms with E-state index in [1.807, 2.05) is 24.0 Å². The SMILES string of the molecule is CCn1cc(-n2cc3nc(N4CCN(C)CC4)ncc3c2O)cn1. The lowest BCUT2D eigenvalue weighted by atomic mass is 10.3. The number of rotatable bonds is 3. The first-order valence-electron chi connectivity index (χ1n) is 8.19. The van der Waals surface area contributed by atoms with E-state index >= 15 is 0 Å². The molecular formula is C16H21N7O. The fourth-order valence-electron chi connectivity index (χ4n) is 2.97. The van der Waals surface area contributed by atoms with Crippen LogP contribution in [0.3, 0.4) is 0 Å². The largest absolute Gasteiger partial charge is 0.494 e. The van der Waals surface area contributed by atoms with Gasteiger partial charge >= 0.3 is 0 Å². The van der Waals surface area contributed by atoms with Crippen molar-refractivity contribution in [3.63, 3.8) is 0 Å². The Bertz CT molecular complexity index is 861. The number of likely N-dealkylation sites (N-methyl/N-ethyl adjacent to an activating group) is 1. The summed E-state index contributed by atoms with van der Waals surface area (Å²) in [5.74, 6) is 0.864. The number of hydrogen-bond acceptors (Lipinski definition) is 6. The molecule has 24 heavy (non-hydrogen) atoms. The molecule has 4 rings (SSSR count). The molecule has 1 fully saturated rings. The zero-order chi connectivity index (χ0) is 16.7. The van der Waals surface area contributed by atoms with Gasteiger partial charge in [0.15, 0.2) is 0 Å². The van der Waals surface area contributed by atoms with E-state index in [1.165, 1.54) is 0 Å². The van der Waals surface area contributed by atoms with Crippen molar-refractivity contribution in [2.24, 2.45) is 0 Å². The lowest BCUT2D eigenvalue weighted by Crippen LogP contribution is -2.45. The molecule has 1 aliphatic heterocycles. The van der Waals surface area contributed by atoms with Gasteiger partial charge in [-0.15, -0.1) is 0 Å². The van der Waals surface area contributed by atoms with Crippen molar-refractivity contribution < 1.29 is 5.11 Å². The van der Waals surface area contributed by atoms with Crippen LogP contribution in [0.2, 0.25) is 0 Å². The van der Waals surface area contributed by atoms with E-state index in [4.69, 9.17) is 0 Å². The van der Waals surface area contributed by atoms with Crippen LogP contribution < -0.4 is 4.90 Å². The van der Waals surface area contributed by atoms with E-state index in [2.05, 4.69) is 31.9 Å². The molecule has 0 spiro atoms. The zero-order valence-corrected chi connectivity index (χ0v) is 13.9. The monoisotopic (exact) mass is 327 g/mol. The molecule has 8 nitrogen and oxygen atoms in total. The standard InChI is InChI=1S/C16H21N7O/c1-3-22-10-12(8-18-22)23-11-14-13(15(23)24)9-17-16(19-14)21-6-4-20(2)5-7-21/h8-11,24H,3-7H2,1-2H3. The third-order valence-electron chi connectivity index (χ3n) is 4.53. The average molecular weight is 327 g/mol. The summed E-state index contributed by atoms with van der Waals surface area (Å²) in [7, 11) is 2.12. The third-order valence-corrected chi connectivity index (χ3v) is 4.53. The highest BCUT2D eigenvalue weighted by atomic mass is 16.3. The number of aryl methyl sites for hydroxylation is 1. The molecule has 0 saturated carbocycles. The summed E-state index contributed by atoms with van der Waals surface area (Å²) in [4.78, 5) is 13.6. The second kappa shape index (κ2) is 5.79. The van der Waals surface area contributed by atoms with Crippen LogP contribution in [0.4, 0.5) is 5.95 Å². The van der Waals surface area contributed by atoms with E-state index in [9.17, 15) is 5.11 Å². The molecule has 4 heterocycles. The van der Waals surface area contributed by atoms with Gasteiger partial charge in [-0.05, 0) is 14.0 Å². The molecule has 0 aromatic carbocycles. The number of aromatic nitrogens is 5. The van der Waals surface area contributed by atoms with Gasteiger partial charge in [-0.1, -0.05) is 0 Å². The molecular weight excluding hydrogens is 306 g/mol. The van der Waals surface area contributed by atoms with Gasteiger partial charge in [0.2, 0.25) is 11.8 Å². The van der Waals surface area contributed by atoms with Crippen LogP contribution in [0, 0.1) is 0 Å². The highest BCUT2D eigenvalue weighted by Crippen LogP contribution is 2.29. The summed E-state index contributed by atoms with van der Waals surface area (Å²) in [6, 6.07) is 0. The number of fused-ring (bicyclic) bond motifs is 1. The molecule has 0 unspecified atom stereocenters. The Morgan fingerprint density at radius 1 is 1.12 bits per heavy atom. The van der Waals surface area contributed by atoms with E-state index in [1.54, 1.807) is 17.0 Å². The first-order valence-corrected chi connectivity index (χ1v) is 8.19. The van der Waals surface area contributed by atoms with Gasteiger partial charge < -0.3 is 14.9 Å². The molecule has 0 amide bonds. The Labute approximate surface area is 139 Å². The topological polar surface area (TPSA) is 75.2 Å². The van der Waals surface area contributed by atoms with Crippen LogP contribution in [-0.4, -0.2) is 67.5 Å². The van der Waals surface area contributed by atoms with Crippen molar-refractivity contribution in [2.45, 2.75) is 13.5 Å². The molecule has 3 aromatic rings. The maximum Gasteiger partial charge on any atom is 0.226 e. The molecule has 1 saturated heterocycles. The predicted molar refractivity (Wildman–Crippen MR) is 91.7 cm³/mol. The summed E-state index contributed by atoms with van der Waals surface area (Å²) in [6.07, 6.45) is 7.17. The van der Waals surface area contributed by atoms with Crippen molar-refractivity contribution in [2.75, 3.05) is 38.1 Å². The summed E-state index contributed by atoms with van der Waals surface area (Å²) in [5.41, 5.74) is 1.55. The van der Waals surface area contributed by atoms with Crippen LogP contribution in [-0.2, 0) is 6.54 Å². The minimum absolute atomic E-state index is 0.144. The molecule has 0 atom stereocenters. The van der Waals surface area contributed by atoms with Gasteiger partial charge in [-0.3, -0.25) is 9.25 Å². The number of hydrogen-bond donors (Lipinski definition) is 1. The Kier molecular flexibility index (Phi) is 3.61. The normalized spacial score (nSPS) is 16.2. The summed E-state index contributed by atoms with van der Waals surface area (Å²) in [5, 5.41) is 15.4. The molecule has 0 aliphatic carbocycles. The van der Waals surface area contributed by atoms with Crippen molar-refractivity contribution in [3.8, 4) is 11.6 Å². The van der Waals surface area contributed by atoms with Crippen LogP contribution in [0.5, 0.6) is 5.88 Å². The van der Waals surface area contributed by atoms with Gasteiger partial charge in [-0.2, -0.15) is 5.10 Å². The van der Waals surface area contributed by atoms with Crippen molar-refractivity contribution in [3.05, 3.63) is 24.8 Å². The number of piperazine rings is 1. The highest BCUT2D eigenvalue weighted by molar-refractivity contribution is 5.85. The molecule has 8 heteroatoms. The van der Waals surface area contributed by atoms with E-state index in [0.29, 0.717) is 5.39 Å². The Hall–Kier alpha value is -2.61. The Morgan fingerprint density at radius 2 is 1.92 bits per heavy atom. The molecule has 0 bridgehead atoms. The van der Waals surface area contributed by atoms with E-state index < -0.39 is 0 Å². The zero-order valence-electron chi connectivity index (χ0n) is 13.9. The van der Waals surface area contributed by atoms with Crippen molar-refractivity contribution >= 4 is 16.9 Å². The summed E-state index contributed by atoms with van der Waals surface area (Å²) >= 11 is 0. The second-order valence-electron chi connectivity index (χ2n) is 6.14. The predicted octanol–water partition coefficient (Wildman–Crippen LogP) is 1.09. The average Bonchev–Trinajstić information content (AvgIpc) is 3.20. The molecule has 1 aliphatic rings. The van der Waals surface area contributed by atoms with Crippen molar-refractivity contribution in [1.29, 1.82) is 0 Å². The van der Waals surface area contributed by atoms with E-state index in [-0.39, 0.29) is 5.88 Å². The first kappa shape index (κ1) is 14.9. The molecule has 1 N–H and O–H groups in total. The van der Waals surface area contributed by atoms with E-state index in [0.717, 1.165) is 49.9 Å². The minimum Gasteiger partial charge on any atom is -0.494 e. The van der Waals surface area contributed by atoms with Gasteiger partial charge in [0.1, 0.15) is 0 Å². The van der Waals surface area contributed by atoms with Gasteiger partial charge in [0, 0.05) is 51.3 Å². The third kappa shape index (κ3) is 2.48. The van der Waals surface area contributed by atoms with Crippen molar-refractivity contribution in [1.82, 2.24) is 29.2 Å². The lowest BCUT2D eigenvalue weighted by molar-refractivity contribution is 0.311. The first-order chi connectivity index (χ1) is 11.7. The summed E-state index contributed by atoms with van der Waals surface area (Å²) < 4.78 is 3.52. The fourth-order valence-corrected chi connectivity index (χ4v) is 2.97.